The number of H-pyrrole nitrogens is 1. The van der Waals surface area contributed by atoms with Gasteiger partial charge in [0.15, 0.2) is 0 Å². The molecule has 0 bridgehead atoms. The predicted molar refractivity (Wildman–Crippen MR) is 105 cm³/mol. The third-order valence-corrected chi connectivity index (χ3v) is 4.75. The van der Waals surface area contributed by atoms with Crippen molar-refractivity contribution >= 4 is 15.9 Å². The number of halogens is 1. The van der Waals surface area contributed by atoms with Crippen LogP contribution in [0.15, 0.2) is 59.1 Å². The van der Waals surface area contributed by atoms with Crippen LogP contribution in [0.2, 0.25) is 0 Å². The summed E-state index contributed by atoms with van der Waals surface area (Å²) in [4.78, 5) is 8.47. The molecule has 0 saturated heterocycles. The number of rotatable bonds is 7. The summed E-state index contributed by atoms with van der Waals surface area (Å²) in [5.74, 6) is 0.957. The van der Waals surface area contributed by atoms with Gasteiger partial charge < -0.3 is 4.98 Å². The molecule has 24 heavy (non-hydrogen) atoms. The molecule has 0 aliphatic heterocycles. The molecule has 0 unspecified atom stereocenters. The Balaban J connectivity index is 1.92. The Bertz CT molecular complexity index is 760. The topological polar surface area (TPSA) is 28.7 Å². The minimum atomic E-state index is 0.957. The Morgan fingerprint density at radius 2 is 1.62 bits per heavy atom. The Morgan fingerprint density at radius 1 is 0.875 bits per heavy atom. The molecule has 3 rings (SSSR count). The molecule has 1 aromatic heterocycles. The highest BCUT2D eigenvalue weighted by atomic mass is 79.9. The fraction of sp³-hybridized carbons (Fsp3) is 0.286. The van der Waals surface area contributed by atoms with Crippen LogP contribution >= 0.6 is 15.9 Å². The Labute approximate surface area is 152 Å². The van der Waals surface area contributed by atoms with Gasteiger partial charge in [-0.2, -0.15) is 0 Å². The normalized spacial score (nSPS) is 10.9. The summed E-state index contributed by atoms with van der Waals surface area (Å²) in [5.41, 5.74) is 4.63. The number of aryl methyl sites for hydroxylation is 1. The molecule has 2 nitrogen and oxygen atoms in total. The lowest BCUT2D eigenvalue weighted by Crippen LogP contribution is -1.90. The first-order chi connectivity index (χ1) is 11.8. The maximum Gasteiger partial charge on any atom is 0.138 e. The summed E-state index contributed by atoms with van der Waals surface area (Å²) in [5, 5.41) is 0. The summed E-state index contributed by atoms with van der Waals surface area (Å²) in [6, 6.07) is 18.8. The van der Waals surface area contributed by atoms with Crippen molar-refractivity contribution in [3.8, 4) is 22.6 Å². The third-order valence-electron chi connectivity index (χ3n) is 4.22. The molecule has 1 N–H and O–H groups in total. The van der Waals surface area contributed by atoms with E-state index in [0.29, 0.717) is 0 Å². The molecular formula is C21H23BrN2. The number of hydrogen-bond donors (Lipinski definition) is 1. The van der Waals surface area contributed by atoms with Gasteiger partial charge in [0.2, 0.25) is 0 Å². The SMILES string of the molecule is CCCCCCc1[nH]c(-c2ccccc2)nc1-c1ccc(Br)cc1. The number of imidazole rings is 1. The summed E-state index contributed by atoms with van der Waals surface area (Å²) in [6.45, 7) is 2.25. The molecule has 1 heterocycles. The second-order valence-corrected chi connectivity index (χ2v) is 7.01. The molecular weight excluding hydrogens is 360 g/mol. The van der Waals surface area contributed by atoms with Crippen molar-refractivity contribution in [2.45, 2.75) is 39.0 Å². The zero-order valence-corrected chi connectivity index (χ0v) is 15.6. The average Bonchev–Trinajstić information content (AvgIpc) is 3.04. The highest BCUT2D eigenvalue weighted by molar-refractivity contribution is 9.10. The van der Waals surface area contributed by atoms with Crippen LogP contribution in [0.4, 0.5) is 0 Å². The first-order valence-corrected chi connectivity index (χ1v) is 9.47. The minimum absolute atomic E-state index is 0.957. The summed E-state index contributed by atoms with van der Waals surface area (Å²) < 4.78 is 1.09. The van der Waals surface area contributed by atoms with Gasteiger partial charge in [-0.3, -0.25) is 0 Å². The lowest BCUT2D eigenvalue weighted by atomic mass is 10.1. The van der Waals surface area contributed by atoms with Crippen LogP contribution < -0.4 is 0 Å². The van der Waals surface area contributed by atoms with E-state index in [9.17, 15) is 0 Å². The first-order valence-electron chi connectivity index (χ1n) is 8.68. The second-order valence-electron chi connectivity index (χ2n) is 6.10. The Kier molecular flexibility index (Phi) is 5.86. The maximum absolute atomic E-state index is 4.91. The average molecular weight is 383 g/mol. The van der Waals surface area contributed by atoms with E-state index in [1.807, 2.05) is 6.07 Å². The van der Waals surface area contributed by atoms with E-state index in [2.05, 4.69) is 76.4 Å². The molecule has 2 aromatic carbocycles. The van der Waals surface area contributed by atoms with Gasteiger partial charge in [-0.25, -0.2) is 4.98 Å². The lowest BCUT2D eigenvalue weighted by Gasteiger charge is -2.03. The van der Waals surface area contributed by atoms with Crippen molar-refractivity contribution in [1.29, 1.82) is 0 Å². The summed E-state index contributed by atoms with van der Waals surface area (Å²) >= 11 is 3.51. The monoisotopic (exact) mass is 382 g/mol. The molecule has 0 radical (unpaired) electrons. The molecule has 0 amide bonds. The minimum Gasteiger partial charge on any atom is -0.341 e. The van der Waals surface area contributed by atoms with Crippen molar-refractivity contribution < 1.29 is 0 Å². The van der Waals surface area contributed by atoms with E-state index in [0.717, 1.165) is 28.0 Å². The zero-order chi connectivity index (χ0) is 16.8. The van der Waals surface area contributed by atoms with E-state index in [1.54, 1.807) is 0 Å². The molecule has 0 aliphatic rings. The maximum atomic E-state index is 4.91. The number of nitrogens with one attached hydrogen (secondary N) is 1. The van der Waals surface area contributed by atoms with Gasteiger partial charge in [-0.1, -0.05) is 84.6 Å². The van der Waals surface area contributed by atoms with Gasteiger partial charge in [0.25, 0.3) is 0 Å². The molecule has 0 aliphatic carbocycles. The molecule has 3 heteroatoms. The summed E-state index contributed by atoms with van der Waals surface area (Å²) in [7, 11) is 0. The van der Waals surface area contributed by atoms with Crippen LogP contribution in [0, 0.1) is 0 Å². The van der Waals surface area contributed by atoms with Crippen molar-refractivity contribution in [2.24, 2.45) is 0 Å². The smallest absolute Gasteiger partial charge is 0.138 e. The van der Waals surface area contributed by atoms with Gasteiger partial charge >= 0.3 is 0 Å². The fourth-order valence-electron chi connectivity index (χ4n) is 2.90. The first kappa shape index (κ1) is 17.0. The predicted octanol–water partition coefficient (Wildman–Crippen LogP) is 6.63. The molecule has 0 spiro atoms. The number of unbranched alkanes of at least 4 members (excludes halogenated alkanes) is 3. The summed E-state index contributed by atoms with van der Waals surface area (Å²) in [6.07, 6.45) is 6.08. The molecule has 0 atom stereocenters. The standard InChI is InChI=1S/C21H23BrN2/c1-2-3-4-8-11-19-20(16-12-14-18(22)15-13-16)24-21(23-19)17-9-6-5-7-10-17/h5-7,9-10,12-15H,2-4,8,11H2,1H3,(H,23,24). The third kappa shape index (κ3) is 4.15. The van der Waals surface area contributed by atoms with Gasteiger partial charge in [0.05, 0.1) is 5.69 Å². The van der Waals surface area contributed by atoms with E-state index < -0.39 is 0 Å². The van der Waals surface area contributed by atoms with E-state index in [-0.39, 0.29) is 0 Å². The quantitative estimate of drug-likeness (QED) is 0.456. The van der Waals surface area contributed by atoms with Gasteiger partial charge in [0, 0.05) is 21.3 Å². The van der Waals surface area contributed by atoms with E-state index >= 15 is 0 Å². The second kappa shape index (κ2) is 8.29. The number of aromatic amines is 1. The number of hydrogen-bond acceptors (Lipinski definition) is 1. The molecule has 3 aromatic rings. The van der Waals surface area contributed by atoms with Crippen molar-refractivity contribution in [3.63, 3.8) is 0 Å². The van der Waals surface area contributed by atoms with Crippen LogP contribution in [0.3, 0.4) is 0 Å². The molecule has 0 fully saturated rings. The van der Waals surface area contributed by atoms with Crippen molar-refractivity contribution in [1.82, 2.24) is 9.97 Å². The largest absolute Gasteiger partial charge is 0.341 e. The van der Waals surface area contributed by atoms with Crippen LogP contribution in [-0.2, 0) is 6.42 Å². The van der Waals surface area contributed by atoms with Gasteiger partial charge in [-0.05, 0) is 25.0 Å². The van der Waals surface area contributed by atoms with Crippen LogP contribution in [0.25, 0.3) is 22.6 Å². The highest BCUT2D eigenvalue weighted by Gasteiger charge is 2.13. The number of benzene rings is 2. The highest BCUT2D eigenvalue weighted by Crippen LogP contribution is 2.28. The van der Waals surface area contributed by atoms with Crippen molar-refractivity contribution in [3.05, 3.63) is 64.8 Å². The molecule has 0 saturated carbocycles. The molecule has 124 valence electrons. The van der Waals surface area contributed by atoms with E-state index in [4.69, 9.17) is 4.98 Å². The zero-order valence-electron chi connectivity index (χ0n) is 14.1. The van der Waals surface area contributed by atoms with Gasteiger partial charge in [0.1, 0.15) is 5.82 Å². The van der Waals surface area contributed by atoms with Crippen LogP contribution in [0.5, 0.6) is 0 Å². The van der Waals surface area contributed by atoms with Crippen LogP contribution in [0.1, 0.15) is 38.3 Å². The lowest BCUT2D eigenvalue weighted by molar-refractivity contribution is 0.662. The fourth-order valence-corrected chi connectivity index (χ4v) is 3.16. The Morgan fingerprint density at radius 3 is 2.33 bits per heavy atom. The Hall–Kier alpha value is -1.87. The number of nitrogens with zero attached hydrogens (tertiary/aromatic N) is 1. The number of aromatic nitrogens is 2. The van der Waals surface area contributed by atoms with E-state index in [1.165, 1.54) is 36.9 Å². The van der Waals surface area contributed by atoms with Crippen LogP contribution in [-0.4, -0.2) is 9.97 Å². The van der Waals surface area contributed by atoms with Gasteiger partial charge in [-0.15, -0.1) is 0 Å². The van der Waals surface area contributed by atoms with Crippen molar-refractivity contribution in [2.75, 3.05) is 0 Å².